The van der Waals surface area contributed by atoms with Crippen LogP contribution in [0.5, 0.6) is 5.75 Å². The molecule has 258 valence electrons. The van der Waals surface area contributed by atoms with Gasteiger partial charge in [-0.25, -0.2) is 8.42 Å². The zero-order valence-corrected chi connectivity index (χ0v) is 29.5. The van der Waals surface area contributed by atoms with Crippen molar-refractivity contribution >= 4 is 27.5 Å². The molecule has 8 nitrogen and oxygen atoms in total. The summed E-state index contributed by atoms with van der Waals surface area (Å²) in [5, 5.41) is 3.26. The molecule has 9 heteroatoms. The highest BCUT2D eigenvalue weighted by atomic mass is 32.2. The summed E-state index contributed by atoms with van der Waals surface area (Å²) in [6, 6.07) is 29.9. The molecule has 0 radical (unpaired) electrons. The summed E-state index contributed by atoms with van der Waals surface area (Å²) in [5.74, 6) is -0.120. The number of aryl methyl sites for hydroxylation is 2. The van der Waals surface area contributed by atoms with Gasteiger partial charge in [0.1, 0.15) is 18.3 Å². The number of amides is 2. The summed E-state index contributed by atoms with van der Waals surface area (Å²) in [7, 11) is -4.19. The molecule has 1 saturated carbocycles. The number of anilines is 1. The molecule has 49 heavy (non-hydrogen) atoms. The summed E-state index contributed by atoms with van der Waals surface area (Å²) in [4.78, 5) is 30.7. The Hall–Kier alpha value is -4.63. The van der Waals surface area contributed by atoms with Crippen LogP contribution in [0.1, 0.15) is 61.3 Å². The normalized spacial score (nSPS) is 14.1. The molecule has 2 amide bonds. The lowest BCUT2D eigenvalue weighted by Gasteiger charge is -2.35. The van der Waals surface area contributed by atoms with Crippen molar-refractivity contribution < 1.29 is 22.7 Å². The van der Waals surface area contributed by atoms with E-state index in [0.29, 0.717) is 18.0 Å². The van der Waals surface area contributed by atoms with E-state index in [0.717, 1.165) is 58.7 Å². The average Bonchev–Trinajstić information content (AvgIpc) is 3.10. The quantitative estimate of drug-likeness (QED) is 0.155. The molecule has 5 rings (SSSR count). The van der Waals surface area contributed by atoms with Crippen LogP contribution in [-0.4, -0.2) is 50.4 Å². The van der Waals surface area contributed by atoms with Crippen molar-refractivity contribution in [2.24, 2.45) is 0 Å². The smallest absolute Gasteiger partial charge is 0.264 e. The monoisotopic (exact) mass is 681 g/mol. The minimum absolute atomic E-state index is 0.0395. The van der Waals surface area contributed by atoms with Crippen LogP contribution in [0.15, 0.2) is 108 Å². The topological polar surface area (TPSA) is 96.0 Å². The predicted octanol–water partition coefficient (Wildman–Crippen LogP) is 6.99. The molecule has 4 aromatic rings. The molecular weight excluding hydrogens is 635 g/mol. The number of rotatable bonds is 14. The van der Waals surface area contributed by atoms with Crippen molar-refractivity contribution in [2.45, 2.75) is 82.8 Å². The van der Waals surface area contributed by atoms with Gasteiger partial charge in [0.15, 0.2) is 0 Å². The first-order chi connectivity index (χ1) is 23.6. The Morgan fingerprint density at radius 1 is 0.816 bits per heavy atom. The van der Waals surface area contributed by atoms with Crippen molar-refractivity contribution in [3.63, 3.8) is 0 Å². The molecule has 1 unspecified atom stereocenters. The van der Waals surface area contributed by atoms with E-state index in [1.165, 1.54) is 0 Å². The van der Waals surface area contributed by atoms with E-state index in [2.05, 4.69) is 5.32 Å². The number of carbonyl (C=O) groups is 2. The minimum atomic E-state index is -4.19. The molecule has 0 bridgehead atoms. The van der Waals surface area contributed by atoms with Crippen molar-refractivity contribution in [1.29, 1.82) is 0 Å². The number of hydrogen-bond donors (Lipinski definition) is 1. The second-order valence-corrected chi connectivity index (χ2v) is 14.7. The van der Waals surface area contributed by atoms with Crippen LogP contribution in [-0.2, 0) is 32.6 Å². The van der Waals surface area contributed by atoms with Crippen LogP contribution in [0, 0.1) is 13.8 Å². The van der Waals surface area contributed by atoms with Gasteiger partial charge in [0.05, 0.1) is 17.2 Å². The van der Waals surface area contributed by atoms with Crippen molar-refractivity contribution in [1.82, 2.24) is 10.2 Å². The van der Waals surface area contributed by atoms with Crippen molar-refractivity contribution in [2.75, 3.05) is 17.5 Å². The van der Waals surface area contributed by atoms with Gasteiger partial charge < -0.3 is 15.0 Å². The number of hydrogen-bond acceptors (Lipinski definition) is 5. The molecule has 0 saturated heterocycles. The highest BCUT2D eigenvalue weighted by Gasteiger charge is 2.35. The molecule has 1 atom stereocenters. The summed E-state index contributed by atoms with van der Waals surface area (Å²) in [6.07, 6.45) is 5.33. The van der Waals surface area contributed by atoms with Crippen LogP contribution < -0.4 is 14.4 Å². The second kappa shape index (κ2) is 16.7. The van der Waals surface area contributed by atoms with Crippen LogP contribution in [0.2, 0.25) is 0 Å². The molecule has 1 aliphatic rings. The third-order valence-corrected chi connectivity index (χ3v) is 10.8. The lowest BCUT2D eigenvalue weighted by molar-refractivity contribution is -0.140. The van der Waals surface area contributed by atoms with Crippen LogP contribution in [0.25, 0.3) is 0 Å². The number of carbonyl (C=O) groups excluding carboxylic acids is 2. The Balaban J connectivity index is 1.56. The maximum Gasteiger partial charge on any atom is 0.264 e. The lowest BCUT2D eigenvalue weighted by atomic mass is 9.94. The molecule has 0 heterocycles. The number of sulfonamides is 1. The third-order valence-electron chi connectivity index (χ3n) is 8.98. The lowest BCUT2D eigenvalue weighted by Crippen LogP contribution is -2.55. The molecule has 4 aromatic carbocycles. The average molecular weight is 682 g/mol. The fourth-order valence-electron chi connectivity index (χ4n) is 6.35. The SMILES string of the molecule is CCOc1ccc(N(CC(=O)N(Cc2cccc(C)c2)C(Cc2ccccc2)C(=O)NC2CCCCC2)S(=O)(=O)c2ccc(C)cc2)cc1. The van der Waals surface area contributed by atoms with Crippen LogP contribution in [0.3, 0.4) is 0 Å². The zero-order valence-electron chi connectivity index (χ0n) is 28.7. The fourth-order valence-corrected chi connectivity index (χ4v) is 7.76. The van der Waals surface area contributed by atoms with E-state index in [9.17, 15) is 18.0 Å². The molecule has 0 aliphatic heterocycles. The highest BCUT2D eigenvalue weighted by molar-refractivity contribution is 7.92. The van der Waals surface area contributed by atoms with Gasteiger partial charge in [0, 0.05) is 19.0 Å². The van der Waals surface area contributed by atoms with E-state index in [1.807, 2.05) is 75.4 Å². The van der Waals surface area contributed by atoms with Crippen LogP contribution in [0.4, 0.5) is 5.69 Å². The van der Waals surface area contributed by atoms with Gasteiger partial charge in [-0.15, -0.1) is 0 Å². The number of nitrogens with one attached hydrogen (secondary N) is 1. The predicted molar refractivity (Wildman–Crippen MR) is 194 cm³/mol. The van der Waals surface area contributed by atoms with Gasteiger partial charge in [0.25, 0.3) is 10.0 Å². The van der Waals surface area contributed by atoms with Gasteiger partial charge in [-0.1, -0.05) is 97.1 Å². The summed E-state index contributed by atoms with van der Waals surface area (Å²) >= 11 is 0. The maximum absolute atomic E-state index is 14.8. The Morgan fingerprint density at radius 2 is 1.49 bits per heavy atom. The van der Waals surface area contributed by atoms with Gasteiger partial charge >= 0.3 is 0 Å². The van der Waals surface area contributed by atoms with Gasteiger partial charge in [0.2, 0.25) is 11.8 Å². The fraction of sp³-hybridized carbons (Fsp3) is 0.350. The Kier molecular flexibility index (Phi) is 12.1. The standard InChI is InChI=1S/C40H47N3O5S/c1-4-48-36-22-20-35(21-23-36)43(49(46,47)37-24-18-30(2)19-25-37)29-39(44)42(28-33-15-11-12-31(3)26-33)38(27-32-13-7-5-8-14-32)40(45)41-34-16-9-6-10-17-34/h5,7-8,11-15,18-26,34,38H,4,6,9-10,16-17,27-29H2,1-3H3,(H,41,45). The van der Waals surface area contributed by atoms with E-state index in [4.69, 9.17) is 4.74 Å². The molecule has 0 aromatic heterocycles. The first kappa shape index (κ1) is 35.7. The van der Waals surface area contributed by atoms with Gasteiger partial charge in [-0.3, -0.25) is 13.9 Å². The molecule has 0 spiro atoms. The van der Waals surface area contributed by atoms with Crippen LogP contribution >= 0.6 is 0 Å². The third kappa shape index (κ3) is 9.50. The number of nitrogens with zero attached hydrogens (tertiary/aromatic N) is 2. The second-order valence-electron chi connectivity index (χ2n) is 12.8. The van der Waals surface area contributed by atoms with E-state index < -0.39 is 28.5 Å². The van der Waals surface area contributed by atoms with Crippen molar-refractivity contribution in [3.05, 3.63) is 125 Å². The van der Waals surface area contributed by atoms with E-state index >= 15 is 0 Å². The molecule has 1 fully saturated rings. The van der Waals surface area contributed by atoms with E-state index in [-0.39, 0.29) is 29.8 Å². The molecule has 1 aliphatic carbocycles. The first-order valence-corrected chi connectivity index (χ1v) is 18.6. The summed E-state index contributed by atoms with van der Waals surface area (Å²) in [6.45, 7) is 5.84. The largest absolute Gasteiger partial charge is 0.494 e. The molecular formula is C40H47N3O5S. The Labute approximate surface area is 291 Å². The van der Waals surface area contributed by atoms with Crippen molar-refractivity contribution in [3.8, 4) is 5.75 Å². The molecule has 1 N–H and O–H groups in total. The number of benzene rings is 4. The van der Waals surface area contributed by atoms with Gasteiger partial charge in [-0.2, -0.15) is 0 Å². The summed E-state index contributed by atoms with van der Waals surface area (Å²) in [5.41, 5.74) is 4.02. The Morgan fingerprint density at radius 3 is 2.14 bits per heavy atom. The minimum Gasteiger partial charge on any atom is -0.494 e. The van der Waals surface area contributed by atoms with Gasteiger partial charge in [-0.05, 0) is 81.1 Å². The highest BCUT2D eigenvalue weighted by Crippen LogP contribution is 2.28. The van der Waals surface area contributed by atoms with E-state index in [1.54, 1.807) is 53.4 Å². The summed E-state index contributed by atoms with van der Waals surface area (Å²) < 4.78 is 35.4. The maximum atomic E-state index is 14.8. The number of ether oxygens (including phenoxy) is 1. The Bertz CT molecular complexity index is 1790. The first-order valence-electron chi connectivity index (χ1n) is 17.2. The zero-order chi connectivity index (χ0) is 34.8.